The molecule has 0 saturated heterocycles. The van der Waals surface area contributed by atoms with E-state index in [4.69, 9.17) is 9.47 Å². The van der Waals surface area contributed by atoms with Gasteiger partial charge in [-0.3, -0.25) is 9.89 Å². The van der Waals surface area contributed by atoms with Crippen LogP contribution in [0.15, 0.2) is 52.0 Å². The van der Waals surface area contributed by atoms with Gasteiger partial charge in [0, 0.05) is 15.6 Å². The summed E-state index contributed by atoms with van der Waals surface area (Å²) in [5, 5.41) is 20.5. The van der Waals surface area contributed by atoms with Crippen molar-refractivity contribution in [1.29, 1.82) is 0 Å². The molecule has 9 heteroatoms. The molecule has 1 heterocycles. The van der Waals surface area contributed by atoms with Crippen molar-refractivity contribution < 1.29 is 19.4 Å². The fourth-order valence-corrected chi connectivity index (χ4v) is 2.92. The number of H-pyrrole nitrogens is 1. The standard InChI is InChI=1S/C20H19BrN4O4/c1-3-29-18-7-4-12(9-19(18)28-2)15-10-16(24-23-15)20(27)25-22-11-13-8-14(21)5-6-17(13)26/h4-11,26H,3H2,1-2H3,(H,23,24)(H,25,27). The molecular weight excluding hydrogens is 440 g/mol. The maximum atomic E-state index is 12.3. The molecule has 29 heavy (non-hydrogen) atoms. The zero-order valence-electron chi connectivity index (χ0n) is 15.8. The van der Waals surface area contributed by atoms with E-state index in [0.717, 1.165) is 10.0 Å². The monoisotopic (exact) mass is 458 g/mol. The Morgan fingerprint density at radius 1 is 1.28 bits per heavy atom. The molecule has 3 N–H and O–H groups in total. The maximum absolute atomic E-state index is 12.3. The van der Waals surface area contributed by atoms with Crippen LogP contribution in [-0.4, -0.2) is 41.1 Å². The highest BCUT2D eigenvalue weighted by atomic mass is 79.9. The van der Waals surface area contributed by atoms with Crippen LogP contribution in [0.5, 0.6) is 17.2 Å². The van der Waals surface area contributed by atoms with E-state index in [1.54, 1.807) is 37.4 Å². The van der Waals surface area contributed by atoms with Gasteiger partial charge in [-0.05, 0) is 49.4 Å². The molecule has 0 spiro atoms. The van der Waals surface area contributed by atoms with Crippen LogP contribution >= 0.6 is 15.9 Å². The first-order valence-corrected chi connectivity index (χ1v) is 9.49. The number of carbonyl (C=O) groups is 1. The molecule has 2 aromatic carbocycles. The summed E-state index contributed by atoms with van der Waals surface area (Å²) in [5.74, 6) is 0.807. The number of methoxy groups -OCH3 is 1. The molecule has 0 aliphatic heterocycles. The summed E-state index contributed by atoms with van der Waals surface area (Å²) in [6.07, 6.45) is 1.35. The predicted octanol–water partition coefficient (Wildman–Crippen LogP) is 3.72. The van der Waals surface area contributed by atoms with E-state index in [2.05, 4.69) is 36.7 Å². The van der Waals surface area contributed by atoms with Gasteiger partial charge in [-0.15, -0.1) is 0 Å². The molecule has 0 aliphatic rings. The molecule has 0 saturated carbocycles. The fraction of sp³-hybridized carbons (Fsp3) is 0.150. The van der Waals surface area contributed by atoms with Crippen LogP contribution in [0.4, 0.5) is 0 Å². The van der Waals surface area contributed by atoms with Crippen molar-refractivity contribution in [3.63, 3.8) is 0 Å². The minimum atomic E-state index is -0.465. The van der Waals surface area contributed by atoms with Gasteiger partial charge in [0.05, 0.1) is 25.6 Å². The summed E-state index contributed by atoms with van der Waals surface area (Å²) in [6, 6.07) is 11.9. The fourth-order valence-electron chi connectivity index (χ4n) is 2.54. The third-order valence-electron chi connectivity index (χ3n) is 3.94. The van der Waals surface area contributed by atoms with Gasteiger partial charge in [-0.1, -0.05) is 15.9 Å². The summed E-state index contributed by atoms with van der Waals surface area (Å²) < 4.78 is 11.6. The van der Waals surface area contributed by atoms with Crippen LogP contribution < -0.4 is 14.9 Å². The molecule has 0 atom stereocenters. The van der Waals surface area contributed by atoms with Crippen molar-refractivity contribution in [3.05, 3.63) is 58.2 Å². The number of hydrazone groups is 1. The zero-order chi connectivity index (χ0) is 20.8. The Bertz CT molecular complexity index is 1050. The van der Waals surface area contributed by atoms with E-state index in [9.17, 15) is 9.90 Å². The number of hydrogen-bond acceptors (Lipinski definition) is 6. The van der Waals surface area contributed by atoms with Crippen molar-refractivity contribution in [1.82, 2.24) is 15.6 Å². The van der Waals surface area contributed by atoms with E-state index in [-0.39, 0.29) is 11.4 Å². The lowest BCUT2D eigenvalue weighted by Crippen LogP contribution is -2.18. The highest BCUT2D eigenvalue weighted by Gasteiger charge is 2.13. The number of benzene rings is 2. The third kappa shape index (κ3) is 4.94. The molecule has 0 radical (unpaired) electrons. The summed E-state index contributed by atoms with van der Waals surface area (Å²) in [5.41, 5.74) is 4.44. The highest BCUT2D eigenvalue weighted by molar-refractivity contribution is 9.10. The van der Waals surface area contributed by atoms with Gasteiger partial charge >= 0.3 is 0 Å². The van der Waals surface area contributed by atoms with Crippen LogP contribution in [0.3, 0.4) is 0 Å². The van der Waals surface area contributed by atoms with Crippen LogP contribution in [0.25, 0.3) is 11.3 Å². The Morgan fingerprint density at radius 2 is 2.10 bits per heavy atom. The molecule has 8 nitrogen and oxygen atoms in total. The third-order valence-corrected chi connectivity index (χ3v) is 4.43. The van der Waals surface area contributed by atoms with Crippen LogP contribution in [0.2, 0.25) is 0 Å². The van der Waals surface area contributed by atoms with E-state index in [1.807, 2.05) is 13.0 Å². The largest absolute Gasteiger partial charge is 0.507 e. The maximum Gasteiger partial charge on any atom is 0.289 e. The summed E-state index contributed by atoms with van der Waals surface area (Å²) >= 11 is 3.31. The Morgan fingerprint density at radius 3 is 2.86 bits per heavy atom. The number of phenolic OH excluding ortho intramolecular Hbond substituents is 1. The lowest BCUT2D eigenvalue weighted by atomic mass is 10.1. The van der Waals surface area contributed by atoms with Gasteiger partial charge in [0.25, 0.3) is 5.91 Å². The molecule has 1 aromatic heterocycles. The number of aromatic amines is 1. The minimum Gasteiger partial charge on any atom is -0.507 e. The number of rotatable bonds is 7. The first-order chi connectivity index (χ1) is 14.0. The summed E-state index contributed by atoms with van der Waals surface area (Å²) in [7, 11) is 1.56. The predicted molar refractivity (Wildman–Crippen MR) is 113 cm³/mol. The topological polar surface area (TPSA) is 109 Å². The number of aromatic hydroxyl groups is 1. The lowest BCUT2D eigenvalue weighted by molar-refractivity contribution is 0.0950. The average molecular weight is 459 g/mol. The smallest absolute Gasteiger partial charge is 0.289 e. The van der Waals surface area contributed by atoms with Crippen molar-refractivity contribution in [2.24, 2.45) is 5.10 Å². The van der Waals surface area contributed by atoms with E-state index in [1.165, 1.54) is 12.3 Å². The second-order valence-electron chi connectivity index (χ2n) is 5.87. The molecule has 1 amide bonds. The van der Waals surface area contributed by atoms with E-state index in [0.29, 0.717) is 29.4 Å². The SMILES string of the molecule is CCOc1ccc(-c2cc(C(=O)NN=Cc3cc(Br)ccc3O)[nH]n2)cc1OC. The second-order valence-corrected chi connectivity index (χ2v) is 6.78. The van der Waals surface area contributed by atoms with E-state index < -0.39 is 5.91 Å². The number of aromatic nitrogens is 2. The van der Waals surface area contributed by atoms with Gasteiger partial charge in [-0.2, -0.15) is 10.2 Å². The molecular formula is C20H19BrN4O4. The second kappa shape index (κ2) is 9.24. The van der Waals surface area contributed by atoms with Crippen molar-refractivity contribution in [2.45, 2.75) is 6.92 Å². The summed E-state index contributed by atoms with van der Waals surface area (Å²) in [4.78, 5) is 12.3. The molecule has 150 valence electrons. The Labute approximate surface area is 175 Å². The quantitative estimate of drug-likeness (QED) is 0.369. The molecule has 0 aliphatic carbocycles. The van der Waals surface area contributed by atoms with Gasteiger partial charge < -0.3 is 14.6 Å². The Hall–Kier alpha value is -3.33. The van der Waals surface area contributed by atoms with Gasteiger partial charge in [0.2, 0.25) is 0 Å². The number of nitrogens with one attached hydrogen (secondary N) is 2. The number of halogens is 1. The van der Waals surface area contributed by atoms with Crippen LogP contribution in [0.1, 0.15) is 23.0 Å². The number of nitrogens with zero attached hydrogens (tertiary/aromatic N) is 2. The molecule has 0 bridgehead atoms. The molecule has 3 rings (SSSR count). The van der Waals surface area contributed by atoms with Gasteiger partial charge in [-0.25, -0.2) is 5.43 Å². The number of amides is 1. The lowest BCUT2D eigenvalue weighted by Gasteiger charge is -2.09. The normalized spacial score (nSPS) is 10.9. The number of ether oxygens (including phenoxy) is 2. The van der Waals surface area contributed by atoms with Gasteiger partial charge in [0.1, 0.15) is 11.4 Å². The van der Waals surface area contributed by atoms with E-state index >= 15 is 0 Å². The number of phenols is 1. The Kier molecular flexibility index (Phi) is 6.50. The first kappa shape index (κ1) is 20.4. The average Bonchev–Trinajstić information content (AvgIpc) is 3.21. The minimum absolute atomic E-state index is 0.0551. The number of hydrogen-bond donors (Lipinski definition) is 3. The molecule has 3 aromatic rings. The van der Waals surface area contributed by atoms with Crippen LogP contribution in [-0.2, 0) is 0 Å². The zero-order valence-corrected chi connectivity index (χ0v) is 17.4. The molecule has 0 unspecified atom stereocenters. The number of carbonyl (C=O) groups excluding carboxylic acids is 1. The van der Waals surface area contributed by atoms with Crippen molar-refractivity contribution in [2.75, 3.05) is 13.7 Å². The summed E-state index contributed by atoms with van der Waals surface area (Å²) in [6.45, 7) is 2.42. The van der Waals surface area contributed by atoms with Gasteiger partial charge in [0.15, 0.2) is 11.5 Å². The Balaban J connectivity index is 1.71. The first-order valence-electron chi connectivity index (χ1n) is 8.70. The molecule has 0 fully saturated rings. The van der Waals surface area contributed by atoms with Crippen molar-refractivity contribution in [3.8, 4) is 28.5 Å². The van der Waals surface area contributed by atoms with Crippen LogP contribution in [0, 0.1) is 0 Å². The van der Waals surface area contributed by atoms with Crippen molar-refractivity contribution >= 4 is 28.1 Å². The highest BCUT2D eigenvalue weighted by Crippen LogP contribution is 2.32.